The van der Waals surface area contributed by atoms with E-state index in [1.165, 1.54) is 13.0 Å². The van der Waals surface area contributed by atoms with E-state index in [-0.39, 0.29) is 69.3 Å². The van der Waals surface area contributed by atoms with E-state index < -0.39 is 24.1 Å². The minimum atomic E-state index is -5.06. The molecule has 0 N–H and O–H groups in total. The molecule has 0 radical (unpaired) electrons. The smallest absolute Gasteiger partial charge is 0.489 e. The predicted octanol–water partition coefficient (Wildman–Crippen LogP) is 0.911. The van der Waals surface area contributed by atoms with Gasteiger partial charge in [0, 0.05) is 6.07 Å². The van der Waals surface area contributed by atoms with Gasteiger partial charge < -0.3 is 17.7 Å². The van der Waals surface area contributed by atoms with Gasteiger partial charge in [0.05, 0.1) is 0 Å². The fourth-order valence-corrected chi connectivity index (χ4v) is 1.89. The van der Waals surface area contributed by atoms with Crippen molar-refractivity contribution in [1.29, 1.82) is 0 Å². The molecule has 8 heteroatoms. The van der Waals surface area contributed by atoms with Gasteiger partial charge >= 0.3 is 58.4 Å². The fourth-order valence-electron chi connectivity index (χ4n) is 1.89. The first-order chi connectivity index (χ1) is 9.75. The van der Waals surface area contributed by atoms with Gasteiger partial charge in [-0.3, -0.25) is 0 Å². The van der Waals surface area contributed by atoms with Crippen LogP contribution in [0, 0.1) is 18.6 Å². The second-order valence-corrected chi connectivity index (χ2v) is 4.67. The van der Waals surface area contributed by atoms with Gasteiger partial charge in [-0.1, -0.05) is 12.1 Å². The molecule has 2 aromatic carbocycles. The Morgan fingerprint density at radius 1 is 0.955 bits per heavy atom. The van der Waals surface area contributed by atoms with E-state index in [0.717, 1.165) is 30.3 Å². The molecule has 0 aliphatic heterocycles. The minimum Gasteiger partial charge on any atom is -0.489 e. The van der Waals surface area contributed by atoms with Crippen LogP contribution in [0.3, 0.4) is 0 Å². The summed E-state index contributed by atoms with van der Waals surface area (Å²) >= 11 is 0. The minimum absolute atomic E-state index is 0. The van der Waals surface area contributed by atoms with Crippen LogP contribution in [0.5, 0.6) is 5.75 Å². The molecule has 0 saturated heterocycles. The Labute approximate surface area is 167 Å². The molecular formula is C14H11BF5KO. The van der Waals surface area contributed by atoms with Crippen LogP contribution in [0.1, 0.15) is 11.1 Å². The monoisotopic (exact) mass is 340 g/mol. The van der Waals surface area contributed by atoms with E-state index in [1.54, 1.807) is 0 Å². The molecule has 0 heterocycles. The Balaban J connectivity index is 0.00000242. The van der Waals surface area contributed by atoms with Crippen LogP contribution in [0.15, 0.2) is 36.4 Å². The van der Waals surface area contributed by atoms with Crippen LogP contribution in [-0.4, -0.2) is 6.98 Å². The molecule has 0 fully saturated rings. The molecule has 0 atom stereocenters. The average Bonchev–Trinajstić information content (AvgIpc) is 2.35. The zero-order valence-corrected chi connectivity index (χ0v) is 15.2. The van der Waals surface area contributed by atoms with Crippen molar-refractivity contribution in [3.63, 3.8) is 0 Å². The largest absolute Gasteiger partial charge is 1.00 e. The second kappa shape index (κ2) is 7.92. The van der Waals surface area contributed by atoms with Crippen molar-refractivity contribution < 1.29 is 77.8 Å². The van der Waals surface area contributed by atoms with E-state index in [1.807, 2.05) is 0 Å². The molecule has 0 spiro atoms. The van der Waals surface area contributed by atoms with Gasteiger partial charge in [0.15, 0.2) is 0 Å². The Hall–Kier alpha value is -0.409. The summed E-state index contributed by atoms with van der Waals surface area (Å²) in [4.78, 5) is 0. The molecule has 22 heavy (non-hydrogen) atoms. The van der Waals surface area contributed by atoms with E-state index >= 15 is 0 Å². The normalized spacial score (nSPS) is 11.0. The Kier molecular flexibility index (Phi) is 7.07. The summed E-state index contributed by atoms with van der Waals surface area (Å²) in [6, 6.07) is 6.05. The van der Waals surface area contributed by atoms with Crippen molar-refractivity contribution in [1.82, 2.24) is 0 Å². The molecular weight excluding hydrogens is 329 g/mol. The Bertz CT molecular complexity index is 640. The summed E-state index contributed by atoms with van der Waals surface area (Å²) in [5, 5.41) is 0. The molecule has 0 aliphatic rings. The molecule has 0 aliphatic carbocycles. The maximum atomic E-state index is 13.0. The Morgan fingerprint density at radius 2 is 1.55 bits per heavy atom. The van der Waals surface area contributed by atoms with E-state index in [0.29, 0.717) is 5.56 Å². The average molecular weight is 340 g/mol. The van der Waals surface area contributed by atoms with Crippen LogP contribution in [0.4, 0.5) is 21.7 Å². The molecule has 0 unspecified atom stereocenters. The number of ether oxygens (including phenoxy) is 1. The molecule has 1 nitrogen and oxygen atoms in total. The molecule has 2 aromatic rings. The summed E-state index contributed by atoms with van der Waals surface area (Å²) in [6.45, 7) is -3.72. The maximum Gasteiger partial charge on any atom is 1.00 e. The summed E-state index contributed by atoms with van der Waals surface area (Å²) in [5.74, 6) is -1.23. The predicted molar refractivity (Wildman–Crippen MR) is 70.6 cm³/mol. The third kappa shape index (κ3) is 5.35. The van der Waals surface area contributed by atoms with Crippen molar-refractivity contribution in [2.75, 3.05) is 0 Å². The molecule has 0 bridgehead atoms. The van der Waals surface area contributed by atoms with Crippen LogP contribution in [-0.2, 0) is 6.61 Å². The number of rotatable bonds is 4. The zero-order chi connectivity index (χ0) is 15.6. The van der Waals surface area contributed by atoms with Gasteiger partial charge in [-0.25, -0.2) is 8.78 Å². The molecule has 112 valence electrons. The third-order valence-corrected chi connectivity index (χ3v) is 2.89. The SMILES string of the molecule is Cc1cc([B-](F)(F)F)ccc1OCc1cc(F)cc(F)c1.[K+]. The van der Waals surface area contributed by atoms with E-state index in [4.69, 9.17) is 4.74 Å². The zero-order valence-electron chi connectivity index (χ0n) is 12.0. The molecule has 0 amide bonds. The topological polar surface area (TPSA) is 9.23 Å². The van der Waals surface area contributed by atoms with E-state index in [2.05, 4.69) is 0 Å². The van der Waals surface area contributed by atoms with Crippen LogP contribution in [0.2, 0.25) is 0 Å². The first kappa shape index (κ1) is 19.6. The molecule has 0 saturated carbocycles. The van der Waals surface area contributed by atoms with Crippen LogP contribution < -0.4 is 61.6 Å². The van der Waals surface area contributed by atoms with Crippen molar-refractivity contribution >= 4 is 12.4 Å². The second-order valence-electron chi connectivity index (χ2n) is 4.67. The van der Waals surface area contributed by atoms with Gasteiger partial charge in [-0.05, 0) is 36.2 Å². The van der Waals surface area contributed by atoms with E-state index in [9.17, 15) is 21.7 Å². The van der Waals surface area contributed by atoms with Gasteiger partial charge in [0.1, 0.15) is 24.0 Å². The summed E-state index contributed by atoms with van der Waals surface area (Å²) < 4.78 is 69.0. The van der Waals surface area contributed by atoms with Crippen LogP contribution >= 0.6 is 0 Å². The van der Waals surface area contributed by atoms with Crippen molar-refractivity contribution in [2.24, 2.45) is 0 Å². The Morgan fingerprint density at radius 3 is 2.05 bits per heavy atom. The quantitative estimate of drug-likeness (QED) is 0.594. The fraction of sp³-hybridized carbons (Fsp3) is 0.143. The third-order valence-electron chi connectivity index (χ3n) is 2.89. The number of aryl methyl sites for hydroxylation is 1. The summed E-state index contributed by atoms with van der Waals surface area (Å²) in [7, 11) is 0. The maximum absolute atomic E-state index is 13.0. The summed E-state index contributed by atoms with van der Waals surface area (Å²) in [6.07, 6.45) is 0. The summed E-state index contributed by atoms with van der Waals surface area (Å²) in [5.41, 5.74) is -0.142. The van der Waals surface area contributed by atoms with Gasteiger partial charge in [0.2, 0.25) is 0 Å². The van der Waals surface area contributed by atoms with Gasteiger partial charge in [-0.15, -0.1) is 5.46 Å². The van der Waals surface area contributed by atoms with Crippen molar-refractivity contribution in [3.05, 3.63) is 59.2 Å². The number of hydrogen-bond acceptors (Lipinski definition) is 1. The van der Waals surface area contributed by atoms with Crippen LogP contribution in [0.25, 0.3) is 0 Å². The first-order valence-electron chi connectivity index (χ1n) is 6.14. The van der Waals surface area contributed by atoms with Gasteiger partial charge in [0.25, 0.3) is 0 Å². The first-order valence-corrected chi connectivity index (χ1v) is 6.14. The number of benzene rings is 2. The van der Waals surface area contributed by atoms with Crippen molar-refractivity contribution in [3.8, 4) is 5.75 Å². The standard InChI is InChI=1S/C14H11BF5O.K/c1-9-4-11(15(18,19)20)2-3-14(9)21-8-10-5-12(16)7-13(17)6-10;/h2-7H,8H2,1H3;/q-1;+1. The molecule has 0 aromatic heterocycles. The number of hydrogen-bond donors (Lipinski definition) is 0. The van der Waals surface area contributed by atoms with Gasteiger partial charge in [-0.2, -0.15) is 0 Å². The van der Waals surface area contributed by atoms with Crippen molar-refractivity contribution in [2.45, 2.75) is 13.5 Å². The molecule has 2 rings (SSSR count). The number of halogens is 5.